The van der Waals surface area contributed by atoms with Gasteiger partial charge >= 0.3 is 12.1 Å². The maximum absolute atomic E-state index is 14.0. The second-order valence-corrected chi connectivity index (χ2v) is 15.8. The molecule has 5 aromatic rings. The second kappa shape index (κ2) is 21.7. The molecule has 320 valence electrons. The molecule has 4 N–H and O–H groups in total. The second-order valence-electron chi connectivity index (χ2n) is 15.8. The zero-order chi connectivity index (χ0) is 43.1. The summed E-state index contributed by atoms with van der Waals surface area (Å²) in [6.45, 7) is 0.0582. The summed E-state index contributed by atoms with van der Waals surface area (Å²) in [5, 5.41) is 18.8. The van der Waals surface area contributed by atoms with Gasteiger partial charge in [0.2, 0.25) is 11.8 Å². The van der Waals surface area contributed by atoms with E-state index in [1.54, 1.807) is 0 Å². The predicted molar refractivity (Wildman–Crippen MR) is 236 cm³/mol. The van der Waals surface area contributed by atoms with Crippen LogP contribution in [0.2, 0.25) is 0 Å². The van der Waals surface area contributed by atoms with Gasteiger partial charge in [0.25, 0.3) is 0 Å². The summed E-state index contributed by atoms with van der Waals surface area (Å²) in [6.07, 6.45) is 4.40. The Labute approximate surface area is 362 Å². The van der Waals surface area contributed by atoms with Gasteiger partial charge in [-0.1, -0.05) is 133 Å². The van der Waals surface area contributed by atoms with Crippen molar-refractivity contribution in [3.8, 4) is 16.9 Å². The smallest absolute Gasteiger partial charge is 0.407 e. The predicted octanol–water partition coefficient (Wildman–Crippen LogP) is 7.21. The largest absolute Gasteiger partial charge is 0.489 e. The van der Waals surface area contributed by atoms with Crippen LogP contribution in [0.15, 0.2) is 146 Å². The van der Waals surface area contributed by atoms with Gasteiger partial charge in [0.15, 0.2) is 0 Å². The topological polar surface area (TPSA) is 152 Å². The molecule has 1 aliphatic carbocycles. The van der Waals surface area contributed by atoms with E-state index in [-0.39, 0.29) is 56.8 Å². The third-order valence-corrected chi connectivity index (χ3v) is 11.3. The number of cyclic esters (lactones) is 1. The van der Waals surface area contributed by atoms with Gasteiger partial charge in [-0.3, -0.25) is 9.59 Å². The first kappa shape index (κ1) is 43.4. The Bertz CT molecular complexity index is 2250. The molecule has 0 unspecified atom stereocenters. The Kier molecular flexibility index (Phi) is 15.2. The van der Waals surface area contributed by atoms with E-state index in [0.29, 0.717) is 31.6 Å². The summed E-state index contributed by atoms with van der Waals surface area (Å²) < 4.78 is 17.6. The number of amides is 3. The van der Waals surface area contributed by atoms with E-state index in [0.717, 1.165) is 38.9 Å². The molecule has 0 saturated heterocycles. The van der Waals surface area contributed by atoms with Crippen LogP contribution < -0.4 is 20.7 Å². The van der Waals surface area contributed by atoms with Crippen molar-refractivity contribution in [3.05, 3.63) is 173 Å². The molecule has 11 heteroatoms. The minimum absolute atomic E-state index is 0.0893. The van der Waals surface area contributed by atoms with Crippen molar-refractivity contribution >= 4 is 23.9 Å². The Balaban J connectivity index is 1.02. The summed E-state index contributed by atoms with van der Waals surface area (Å²) >= 11 is 0. The summed E-state index contributed by atoms with van der Waals surface area (Å²) in [5.41, 5.74) is 7.23. The normalized spacial score (nSPS) is 18.3. The maximum Gasteiger partial charge on any atom is 0.407 e. The Hall–Kier alpha value is -6.72. The standard InChI is InChI=1S/C51H53N3O8/c55-31-39(28-35-14-4-1-5-15-35)52-48(56)30-38-18-8-3-9-23-47(54-51(59)62-34-46-44-21-12-10-19-42(44)43-20-11-13-22-45(43)46)50(58)61-33-40(53-49(38)57)29-36-24-26-41(27-25-36)60-32-37-16-6-2-7-17-37/h1-8,10-17,19-22,24-27,38-40,46-47,55H,9,18,23,28-34H2,(H,52,56)(H,53,57)(H,54,59)/t38-,39+,40+,47+/m1/s1. The van der Waals surface area contributed by atoms with Crippen LogP contribution in [-0.4, -0.2) is 66.9 Å². The minimum Gasteiger partial charge on any atom is -0.489 e. The van der Waals surface area contributed by atoms with Crippen LogP contribution in [-0.2, 0) is 43.3 Å². The number of aliphatic hydroxyl groups is 1. The number of carbonyl (C=O) groups excluding carboxylic acids is 4. The lowest BCUT2D eigenvalue weighted by Crippen LogP contribution is -2.47. The average molecular weight is 836 g/mol. The molecule has 0 saturated carbocycles. The molecule has 0 radical (unpaired) electrons. The van der Waals surface area contributed by atoms with Crippen molar-refractivity contribution in [3.63, 3.8) is 0 Å². The number of allylic oxidation sites excluding steroid dienone is 2. The first-order valence-electron chi connectivity index (χ1n) is 21.3. The molecule has 0 bridgehead atoms. The number of hydrogen-bond donors (Lipinski definition) is 4. The van der Waals surface area contributed by atoms with Crippen LogP contribution in [0.3, 0.4) is 0 Å². The molecule has 0 aromatic heterocycles. The van der Waals surface area contributed by atoms with E-state index in [9.17, 15) is 24.3 Å². The zero-order valence-electron chi connectivity index (χ0n) is 34.6. The van der Waals surface area contributed by atoms with E-state index in [2.05, 4.69) is 28.1 Å². The Morgan fingerprint density at radius 1 is 0.774 bits per heavy atom. The number of esters is 1. The van der Waals surface area contributed by atoms with Crippen LogP contribution >= 0.6 is 0 Å². The Morgan fingerprint density at radius 2 is 1.42 bits per heavy atom. The van der Waals surface area contributed by atoms with Gasteiger partial charge in [0, 0.05) is 12.3 Å². The number of benzene rings is 5. The number of ether oxygens (including phenoxy) is 3. The highest BCUT2D eigenvalue weighted by atomic mass is 16.6. The number of nitrogens with one attached hydrogen (secondary N) is 3. The fourth-order valence-electron chi connectivity index (χ4n) is 8.03. The molecule has 0 spiro atoms. The molecule has 4 atom stereocenters. The van der Waals surface area contributed by atoms with Crippen molar-refractivity contribution in [2.45, 2.75) is 69.2 Å². The van der Waals surface area contributed by atoms with Gasteiger partial charge in [-0.25, -0.2) is 9.59 Å². The van der Waals surface area contributed by atoms with Crippen LogP contribution in [0.5, 0.6) is 5.75 Å². The van der Waals surface area contributed by atoms with Gasteiger partial charge in [0.05, 0.1) is 24.6 Å². The molecule has 7 rings (SSSR count). The zero-order valence-corrected chi connectivity index (χ0v) is 34.6. The summed E-state index contributed by atoms with van der Waals surface area (Å²) in [6, 6.07) is 40.8. The number of aliphatic hydroxyl groups excluding tert-OH is 1. The lowest BCUT2D eigenvalue weighted by molar-refractivity contribution is -0.147. The molecule has 1 aliphatic heterocycles. The van der Waals surface area contributed by atoms with Crippen molar-refractivity contribution in [1.29, 1.82) is 0 Å². The highest BCUT2D eigenvalue weighted by Gasteiger charge is 2.31. The number of carbonyl (C=O) groups is 4. The number of hydrogen-bond acceptors (Lipinski definition) is 8. The number of rotatable bonds is 14. The summed E-state index contributed by atoms with van der Waals surface area (Å²) in [4.78, 5) is 54.4. The molecule has 3 amide bonds. The third kappa shape index (κ3) is 12.0. The Morgan fingerprint density at radius 3 is 2.10 bits per heavy atom. The number of alkyl carbamates (subject to hydrolysis) is 1. The van der Waals surface area contributed by atoms with Crippen molar-refractivity contribution < 1.29 is 38.5 Å². The van der Waals surface area contributed by atoms with Crippen molar-refractivity contribution in [2.75, 3.05) is 19.8 Å². The number of fused-ring (bicyclic) bond motifs is 3. The van der Waals surface area contributed by atoms with Crippen LogP contribution in [0.25, 0.3) is 11.1 Å². The van der Waals surface area contributed by atoms with Gasteiger partial charge in [0.1, 0.15) is 31.6 Å². The molecule has 2 aliphatic rings. The van der Waals surface area contributed by atoms with Gasteiger partial charge in [-0.05, 0) is 83.2 Å². The molecular formula is C51H53N3O8. The molecule has 5 aromatic carbocycles. The minimum atomic E-state index is -1.02. The highest BCUT2D eigenvalue weighted by Crippen LogP contribution is 2.44. The first-order valence-corrected chi connectivity index (χ1v) is 21.3. The molecule has 1 heterocycles. The van der Waals surface area contributed by atoms with E-state index >= 15 is 0 Å². The lowest BCUT2D eigenvalue weighted by Gasteiger charge is -2.24. The first-order chi connectivity index (χ1) is 30.3. The van der Waals surface area contributed by atoms with Gasteiger partial charge in [-0.15, -0.1) is 0 Å². The van der Waals surface area contributed by atoms with Crippen molar-refractivity contribution in [1.82, 2.24) is 16.0 Å². The SMILES string of the molecule is O=C(C[C@H]1CC=CCC[C@H](NC(=O)OCC2c3ccccc3-c3ccccc32)C(=O)OC[C@H](Cc2ccc(OCc3ccccc3)cc2)NC1=O)N[C@H](CO)Cc1ccccc1. The van der Waals surface area contributed by atoms with E-state index in [4.69, 9.17) is 14.2 Å². The van der Waals surface area contributed by atoms with Crippen LogP contribution in [0.1, 0.15) is 59.4 Å². The monoisotopic (exact) mass is 835 g/mol. The van der Waals surface area contributed by atoms with Crippen LogP contribution in [0.4, 0.5) is 4.79 Å². The summed E-state index contributed by atoms with van der Waals surface area (Å²) in [5.74, 6) is -1.60. The van der Waals surface area contributed by atoms with Gasteiger partial charge in [-0.2, -0.15) is 0 Å². The fraction of sp³-hybridized carbons (Fsp3) is 0.294. The van der Waals surface area contributed by atoms with Crippen LogP contribution in [0, 0.1) is 5.92 Å². The van der Waals surface area contributed by atoms with E-state index in [1.165, 1.54) is 0 Å². The average Bonchev–Trinajstić information content (AvgIpc) is 3.62. The molecule has 0 fully saturated rings. The fourth-order valence-corrected chi connectivity index (χ4v) is 8.03. The summed E-state index contributed by atoms with van der Waals surface area (Å²) in [7, 11) is 0. The molecular weight excluding hydrogens is 783 g/mol. The van der Waals surface area contributed by atoms with E-state index in [1.807, 2.05) is 133 Å². The van der Waals surface area contributed by atoms with Crippen molar-refractivity contribution in [2.24, 2.45) is 5.92 Å². The maximum atomic E-state index is 14.0. The quantitative estimate of drug-likeness (QED) is 0.0677. The highest BCUT2D eigenvalue weighted by molar-refractivity contribution is 5.86. The molecule has 11 nitrogen and oxygen atoms in total. The lowest BCUT2D eigenvalue weighted by atomic mass is 9.97. The third-order valence-electron chi connectivity index (χ3n) is 11.3. The van der Waals surface area contributed by atoms with E-state index < -0.39 is 36.1 Å². The molecule has 62 heavy (non-hydrogen) atoms. The van der Waals surface area contributed by atoms with Gasteiger partial charge < -0.3 is 35.3 Å².